The molecule has 0 aliphatic carbocycles. The molecule has 0 saturated carbocycles. The highest BCUT2D eigenvalue weighted by Gasteiger charge is 2.19. The van der Waals surface area contributed by atoms with Crippen molar-refractivity contribution in [2.24, 2.45) is 12.8 Å². The Morgan fingerprint density at radius 1 is 1.59 bits per heavy atom. The number of aromatic nitrogens is 2. The topological polar surface area (TPSA) is 136 Å². The summed E-state index contributed by atoms with van der Waals surface area (Å²) in [5.41, 5.74) is 11.5. The SMILES string of the molecule is Cc1nn(C)c(C(=O)NCC(O)C(N)=O)c1N. The van der Waals surface area contributed by atoms with Gasteiger partial charge in [-0.1, -0.05) is 0 Å². The Balaban J connectivity index is 2.74. The lowest BCUT2D eigenvalue weighted by Crippen LogP contribution is -2.40. The predicted molar refractivity (Wildman–Crippen MR) is 59.9 cm³/mol. The molecule has 8 heteroatoms. The smallest absolute Gasteiger partial charge is 0.271 e. The quantitative estimate of drug-likeness (QED) is 0.478. The Labute approximate surface area is 97.6 Å². The highest BCUT2D eigenvalue weighted by Crippen LogP contribution is 2.14. The number of primary amides is 1. The zero-order chi connectivity index (χ0) is 13.2. The van der Waals surface area contributed by atoms with Gasteiger partial charge in [-0.3, -0.25) is 14.3 Å². The van der Waals surface area contributed by atoms with Crippen LogP contribution < -0.4 is 16.8 Å². The van der Waals surface area contributed by atoms with Crippen molar-refractivity contribution in [2.75, 3.05) is 12.3 Å². The minimum absolute atomic E-state index is 0.180. The summed E-state index contributed by atoms with van der Waals surface area (Å²) in [6.07, 6.45) is -1.42. The minimum Gasteiger partial charge on any atom is -0.395 e. The number of aryl methyl sites for hydroxylation is 2. The lowest BCUT2D eigenvalue weighted by atomic mass is 10.2. The number of amides is 2. The van der Waals surface area contributed by atoms with Gasteiger partial charge in [-0.2, -0.15) is 5.10 Å². The van der Waals surface area contributed by atoms with Crippen LogP contribution in [0.5, 0.6) is 0 Å². The fourth-order valence-electron chi connectivity index (χ4n) is 1.32. The average molecular weight is 241 g/mol. The lowest BCUT2D eigenvalue weighted by Gasteiger charge is -2.08. The van der Waals surface area contributed by atoms with E-state index in [1.807, 2.05) is 0 Å². The van der Waals surface area contributed by atoms with Gasteiger partial charge >= 0.3 is 0 Å². The molecule has 1 aromatic rings. The molecule has 0 saturated heterocycles. The lowest BCUT2D eigenvalue weighted by molar-refractivity contribution is -0.125. The number of nitrogens with zero attached hydrogens (tertiary/aromatic N) is 2. The van der Waals surface area contributed by atoms with E-state index in [0.29, 0.717) is 5.69 Å². The van der Waals surface area contributed by atoms with Crippen LogP contribution in [0.4, 0.5) is 5.69 Å². The standard InChI is InChI=1S/C9H15N5O3/c1-4-6(10)7(14(2)13-4)9(17)12-3-5(15)8(11)16/h5,15H,3,10H2,1-2H3,(H2,11,16)(H,12,17). The molecule has 1 unspecified atom stereocenters. The third-order valence-electron chi connectivity index (χ3n) is 2.27. The van der Waals surface area contributed by atoms with Crippen LogP contribution in [-0.2, 0) is 11.8 Å². The fraction of sp³-hybridized carbons (Fsp3) is 0.444. The van der Waals surface area contributed by atoms with E-state index >= 15 is 0 Å². The summed E-state index contributed by atoms with van der Waals surface area (Å²) in [4.78, 5) is 22.3. The zero-order valence-corrected chi connectivity index (χ0v) is 9.60. The van der Waals surface area contributed by atoms with Gasteiger partial charge in [0, 0.05) is 7.05 Å². The van der Waals surface area contributed by atoms with Gasteiger partial charge in [0.2, 0.25) is 5.91 Å². The molecular weight excluding hydrogens is 226 g/mol. The van der Waals surface area contributed by atoms with Crippen LogP contribution >= 0.6 is 0 Å². The van der Waals surface area contributed by atoms with Crippen LogP contribution in [0.15, 0.2) is 0 Å². The van der Waals surface area contributed by atoms with Crippen molar-refractivity contribution < 1.29 is 14.7 Å². The van der Waals surface area contributed by atoms with Crippen molar-refractivity contribution in [1.29, 1.82) is 0 Å². The first-order valence-corrected chi connectivity index (χ1v) is 4.89. The molecule has 0 spiro atoms. The molecule has 0 aliphatic rings. The largest absolute Gasteiger partial charge is 0.395 e. The maximum atomic E-state index is 11.7. The molecule has 0 radical (unpaired) electrons. The van der Waals surface area contributed by atoms with Crippen LogP contribution in [0, 0.1) is 6.92 Å². The monoisotopic (exact) mass is 241 g/mol. The average Bonchev–Trinajstić information content (AvgIpc) is 2.49. The molecule has 1 atom stereocenters. The number of nitrogens with one attached hydrogen (secondary N) is 1. The Morgan fingerprint density at radius 2 is 2.18 bits per heavy atom. The van der Waals surface area contributed by atoms with Crippen LogP contribution in [0.1, 0.15) is 16.2 Å². The number of carbonyl (C=O) groups excluding carboxylic acids is 2. The Bertz CT molecular complexity index is 454. The zero-order valence-electron chi connectivity index (χ0n) is 9.60. The molecule has 2 amide bonds. The highest BCUT2D eigenvalue weighted by molar-refractivity contribution is 5.98. The van der Waals surface area contributed by atoms with Gasteiger partial charge in [0.25, 0.3) is 5.91 Å². The van der Waals surface area contributed by atoms with Crippen molar-refractivity contribution in [2.45, 2.75) is 13.0 Å². The molecule has 0 aromatic carbocycles. The minimum atomic E-state index is -1.42. The highest BCUT2D eigenvalue weighted by atomic mass is 16.3. The molecule has 8 nitrogen and oxygen atoms in total. The summed E-state index contributed by atoms with van der Waals surface area (Å²) in [6, 6.07) is 0. The Kier molecular flexibility index (Phi) is 3.69. The summed E-state index contributed by atoms with van der Waals surface area (Å²) in [6.45, 7) is 1.40. The maximum absolute atomic E-state index is 11.7. The molecule has 1 aromatic heterocycles. The van der Waals surface area contributed by atoms with Gasteiger partial charge in [0.15, 0.2) is 0 Å². The van der Waals surface area contributed by atoms with Crippen LogP contribution in [-0.4, -0.2) is 39.4 Å². The second-order valence-electron chi connectivity index (χ2n) is 3.60. The number of aliphatic hydroxyl groups excluding tert-OH is 1. The van der Waals surface area contributed by atoms with E-state index in [9.17, 15) is 9.59 Å². The number of nitrogen functional groups attached to an aromatic ring is 1. The summed E-state index contributed by atoms with van der Waals surface area (Å²) < 4.78 is 1.33. The summed E-state index contributed by atoms with van der Waals surface area (Å²) in [7, 11) is 1.57. The van der Waals surface area contributed by atoms with Crippen LogP contribution in [0.2, 0.25) is 0 Å². The Morgan fingerprint density at radius 3 is 2.59 bits per heavy atom. The molecule has 6 N–H and O–H groups in total. The van der Waals surface area contributed by atoms with Crippen molar-refractivity contribution in [3.63, 3.8) is 0 Å². The molecule has 94 valence electrons. The van der Waals surface area contributed by atoms with Crippen molar-refractivity contribution in [1.82, 2.24) is 15.1 Å². The van der Waals surface area contributed by atoms with Gasteiger partial charge in [-0.15, -0.1) is 0 Å². The van der Waals surface area contributed by atoms with E-state index in [1.54, 1.807) is 14.0 Å². The second kappa shape index (κ2) is 4.83. The van der Waals surface area contributed by atoms with Crippen molar-refractivity contribution >= 4 is 17.5 Å². The molecular formula is C9H15N5O3. The first-order chi connectivity index (χ1) is 7.84. The maximum Gasteiger partial charge on any atom is 0.271 e. The summed E-state index contributed by atoms with van der Waals surface area (Å²) in [5.74, 6) is -1.43. The third kappa shape index (κ3) is 2.72. The van der Waals surface area contributed by atoms with E-state index in [4.69, 9.17) is 16.6 Å². The van der Waals surface area contributed by atoms with Gasteiger partial charge in [-0.25, -0.2) is 0 Å². The number of aliphatic hydroxyl groups is 1. The summed E-state index contributed by atoms with van der Waals surface area (Å²) >= 11 is 0. The third-order valence-corrected chi connectivity index (χ3v) is 2.27. The molecule has 17 heavy (non-hydrogen) atoms. The second-order valence-corrected chi connectivity index (χ2v) is 3.60. The molecule has 0 fully saturated rings. The first-order valence-electron chi connectivity index (χ1n) is 4.89. The van der Waals surface area contributed by atoms with Gasteiger partial charge in [0.1, 0.15) is 11.8 Å². The van der Waals surface area contributed by atoms with Crippen LogP contribution in [0.25, 0.3) is 0 Å². The summed E-state index contributed by atoms with van der Waals surface area (Å²) in [5, 5.41) is 15.4. The number of hydrogen-bond donors (Lipinski definition) is 4. The number of nitrogens with two attached hydrogens (primary N) is 2. The van der Waals surface area contributed by atoms with E-state index < -0.39 is 17.9 Å². The van der Waals surface area contributed by atoms with Gasteiger partial charge in [0.05, 0.1) is 17.9 Å². The van der Waals surface area contributed by atoms with Crippen molar-refractivity contribution in [3.8, 4) is 0 Å². The van der Waals surface area contributed by atoms with Gasteiger partial charge in [-0.05, 0) is 6.92 Å². The van der Waals surface area contributed by atoms with E-state index in [1.165, 1.54) is 4.68 Å². The Hall–Kier alpha value is -2.09. The van der Waals surface area contributed by atoms with E-state index in [2.05, 4.69) is 10.4 Å². The molecule has 0 aliphatic heterocycles. The van der Waals surface area contributed by atoms with Crippen LogP contribution in [0.3, 0.4) is 0 Å². The molecule has 1 heterocycles. The molecule has 1 rings (SSSR count). The van der Waals surface area contributed by atoms with E-state index in [0.717, 1.165) is 0 Å². The normalized spacial score (nSPS) is 12.2. The number of anilines is 1. The number of carbonyl (C=O) groups is 2. The van der Waals surface area contributed by atoms with Gasteiger partial charge < -0.3 is 21.9 Å². The number of rotatable bonds is 4. The molecule has 0 bridgehead atoms. The fourth-order valence-corrected chi connectivity index (χ4v) is 1.32. The predicted octanol–water partition coefficient (Wildman–Crippen LogP) is -2.11. The number of hydrogen-bond acceptors (Lipinski definition) is 5. The van der Waals surface area contributed by atoms with E-state index in [-0.39, 0.29) is 17.9 Å². The first kappa shape index (κ1) is 13.0. The van der Waals surface area contributed by atoms with Crippen molar-refractivity contribution in [3.05, 3.63) is 11.4 Å².